The summed E-state index contributed by atoms with van der Waals surface area (Å²) < 4.78 is 1.14. The number of nitrogens with zero attached hydrogens (tertiary/aromatic N) is 1. The molecule has 1 heterocycles. The molecule has 1 rings (SSSR count). The molecule has 98 valence electrons. The van der Waals surface area contributed by atoms with E-state index >= 15 is 0 Å². The van der Waals surface area contributed by atoms with Crippen LogP contribution in [0.1, 0.15) is 45.7 Å². The van der Waals surface area contributed by atoms with Gasteiger partial charge in [-0.3, -0.25) is 4.90 Å². The van der Waals surface area contributed by atoms with E-state index in [4.69, 9.17) is 5.73 Å². The summed E-state index contributed by atoms with van der Waals surface area (Å²) in [6.45, 7) is 11.0. The van der Waals surface area contributed by atoms with Crippen molar-refractivity contribution in [2.24, 2.45) is 5.73 Å². The third kappa shape index (κ3) is 2.92. The lowest BCUT2D eigenvalue weighted by Gasteiger charge is -2.44. The summed E-state index contributed by atoms with van der Waals surface area (Å²) in [5, 5.41) is 4.26. The third-order valence-electron chi connectivity index (χ3n) is 3.85. The van der Waals surface area contributed by atoms with Gasteiger partial charge in [-0.2, -0.15) is 11.3 Å². The summed E-state index contributed by atoms with van der Waals surface area (Å²) in [6.07, 6.45) is 1.05. The standard InChI is InChI=1S/C13H23BrN2S/c1-5-13(4,16(6-2)7-3)12(15)10-8-17-9-11(10)14/h8-9,12H,5-7,15H2,1-4H3. The largest absolute Gasteiger partial charge is 0.322 e. The number of likely N-dealkylation sites (N-methyl/N-ethyl adjacent to an activating group) is 1. The van der Waals surface area contributed by atoms with Crippen molar-refractivity contribution in [2.45, 2.75) is 45.7 Å². The Bertz CT molecular complexity index is 349. The SMILES string of the molecule is CCN(CC)C(C)(CC)C(N)c1cscc1Br. The van der Waals surface area contributed by atoms with Crippen LogP contribution in [0, 0.1) is 0 Å². The number of halogens is 1. The molecule has 0 aliphatic carbocycles. The fourth-order valence-electron chi connectivity index (χ4n) is 2.43. The number of hydrogen-bond donors (Lipinski definition) is 1. The highest BCUT2D eigenvalue weighted by molar-refractivity contribution is 9.10. The molecule has 0 saturated heterocycles. The van der Waals surface area contributed by atoms with Crippen LogP contribution in [0.5, 0.6) is 0 Å². The lowest BCUT2D eigenvalue weighted by Crippen LogP contribution is -2.52. The molecular weight excluding hydrogens is 296 g/mol. The molecule has 1 aromatic heterocycles. The highest BCUT2D eigenvalue weighted by atomic mass is 79.9. The molecule has 0 saturated carbocycles. The monoisotopic (exact) mass is 318 g/mol. The average molecular weight is 319 g/mol. The summed E-state index contributed by atoms with van der Waals surface area (Å²) in [6, 6.07) is 0.0491. The van der Waals surface area contributed by atoms with Crippen molar-refractivity contribution >= 4 is 27.3 Å². The molecule has 0 amide bonds. The zero-order chi connectivity index (χ0) is 13.1. The molecule has 0 aromatic carbocycles. The molecule has 0 radical (unpaired) electrons. The van der Waals surface area contributed by atoms with Crippen LogP contribution in [-0.4, -0.2) is 23.5 Å². The van der Waals surface area contributed by atoms with Gasteiger partial charge in [0, 0.05) is 21.4 Å². The van der Waals surface area contributed by atoms with Gasteiger partial charge in [0.15, 0.2) is 0 Å². The molecule has 2 nitrogen and oxygen atoms in total. The van der Waals surface area contributed by atoms with Gasteiger partial charge in [-0.25, -0.2) is 0 Å². The van der Waals surface area contributed by atoms with E-state index in [9.17, 15) is 0 Å². The van der Waals surface area contributed by atoms with Gasteiger partial charge in [0.2, 0.25) is 0 Å². The molecule has 0 spiro atoms. The van der Waals surface area contributed by atoms with E-state index in [1.807, 2.05) is 0 Å². The van der Waals surface area contributed by atoms with E-state index in [1.165, 1.54) is 5.56 Å². The van der Waals surface area contributed by atoms with Crippen LogP contribution < -0.4 is 5.73 Å². The summed E-state index contributed by atoms with van der Waals surface area (Å²) >= 11 is 5.30. The van der Waals surface area contributed by atoms with Crippen LogP contribution in [0.3, 0.4) is 0 Å². The maximum Gasteiger partial charge on any atom is 0.0498 e. The van der Waals surface area contributed by atoms with Crippen molar-refractivity contribution in [1.29, 1.82) is 0 Å². The topological polar surface area (TPSA) is 29.3 Å². The van der Waals surface area contributed by atoms with Crippen molar-refractivity contribution < 1.29 is 0 Å². The second-order valence-corrected chi connectivity index (χ2v) is 6.13. The molecule has 1 aromatic rings. The number of thiophene rings is 1. The van der Waals surface area contributed by atoms with Gasteiger partial charge in [0.05, 0.1) is 0 Å². The van der Waals surface area contributed by atoms with Crippen LogP contribution >= 0.6 is 27.3 Å². The minimum atomic E-state index is 0.0209. The fourth-order valence-corrected chi connectivity index (χ4v) is 4.01. The fraction of sp³-hybridized carbons (Fsp3) is 0.692. The molecule has 0 aliphatic rings. The lowest BCUT2D eigenvalue weighted by atomic mass is 9.84. The van der Waals surface area contributed by atoms with Crippen LogP contribution in [-0.2, 0) is 0 Å². The summed E-state index contributed by atoms with van der Waals surface area (Å²) in [5.41, 5.74) is 7.77. The molecule has 2 atom stereocenters. The predicted octanol–water partition coefficient (Wildman–Crippen LogP) is 4.02. The molecule has 2 N–H and O–H groups in total. The first-order valence-electron chi connectivity index (χ1n) is 6.23. The molecular formula is C13H23BrN2S. The lowest BCUT2D eigenvalue weighted by molar-refractivity contribution is 0.0844. The van der Waals surface area contributed by atoms with Crippen molar-refractivity contribution in [2.75, 3.05) is 13.1 Å². The van der Waals surface area contributed by atoms with E-state index in [0.717, 1.165) is 24.0 Å². The number of hydrogen-bond acceptors (Lipinski definition) is 3. The highest BCUT2D eigenvalue weighted by Gasteiger charge is 2.36. The quantitative estimate of drug-likeness (QED) is 0.858. The highest BCUT2D eigenvalue weighted by Crippen LogP contribution is 2.37. The first kappa shape index (κ1) is 15.2. The summed E-state index contributed by atoms with van der Waals surface area (Å²) in [5.74, 6) is 0. The second-order valence-electron chi connectivity index (χ2n) is 4.54. The van der Waals surface area contributed by atoms with Crippen molar-refractivity contribution in [3.63, 3.8) is 0 Å². The maximum atomic E-state index is 6.52. The van der Waals surface area contributed by atoms with Crippen molar-refractivity contribution in [1.82, 2.24) is 4.90 Å². The minimum absolute atomic E-state index is 0.0209. The average Bonchev–Trinajstić information content (AvgIpc) is 2.75. The predicted molar refractivity (Wildman–Crippen MR) is 80.6 cm³/mol. The van der Waals surface area contributed by atoms with Crippen molar-refractivity contribution in [3.05, 3.63) is 20.8 Å². The summed E-state index contributed by atoms with van der Waals surface area (Å²) in [4.78, 5) is 2.46. The number of rotatable bonds is 6. The van der Waals surface area contributed by atoms with Crippen LogP contribution in [0.25, 0.3) is 0 Å². The molecule has 0 bridgehead atoms. The van der Waals surface area contributed by atoms with Gasteiger partial charge in [-0.15, -0.1) is 0 Å². The van der Waals surface area contributed by atoms with Crippen LogP contribution in [0.2, 0.25) is 0 Å². The number of nitrogens with two attached hydrogens (primary N) is 1. The first-order chi connectivity index (χ1) is 8.01. The zero-order valence-electron chi connectivity index (χ0n) is 11.2. The van der Waals surface area contributed by atoms with Crippen LogP contribution in [0.4, 0.5) is 0 Å². The molecule has 17 heavy (non-hydrogen) atoms. The van der Waals surface area contributed by atoms with Crippen LogP contribution in [0.15, 0.2) is 15.2 Å². The minimum Gasteiger partial charge on any atom is -0.322 e. The Labute approximate surface area is 117 Å². The first-order valence-corrected chi connectivity index (χ1v) is 7.97. The van der Waals surface area contributed by atoms with Gasteiger partial charge in [0.25, 0.3) is 0 Å². The molecule has 0 aliphatic heterocycles. The van der Waals surface area contributed by atoms with Gasteiger partial charge in [-0.1, -0.05) is 20.8 Å². The summed E-state index contributed by atoms with van der Waals surface area (Å²) in [7, 11) is 0. The van der Waals surface area contributed by atoms with Gasteiger partial charge in [0.1, 0.15) is 0 Å². The Morgan fingerprint density at radius 3 is 2.29 bits per heavy atom. The van der Waals surface area contributed by atoms with E-state index in [0.29, 0.717) is 0 Å². The van der Waals surface area contributed by atoms with E-state index < -0.39 is 0 Å². The Hall–Kier alpha value is 0.100. The third-order valence-corrected chi connectivity index (χ3v) is 5.60. The molecule has 2 unspecified atom stereocenters. The Kier molecular flexibility index (Phi) is 5.64. The Balaban J connectivity index is 3.04. The van der Waals surface area contributed by atoms with E-state index in [-0.39, 0.29) is 11.6 Å². The van der Waals surface area contributed by atoms with Gasteiger partial charge < -0.3 is 5.73 Å². The molecule has 4 heteroatoms. The van der Waals surface area contributed by atoms with Crippen molar-refractivity contribution in [3.8, 4) is 0 Å². The second kappa shape index (κ2) is 6.32. The van der Waals surface area contributed by atoms with E-state index in [2.05, 4.69) is 59.3 Å². The Morgan fingerprint density at radius 2 is 1.94 bits per heavy atom. The van der Waals surface area contributed by atoms with Gasteiger partial charge >= 0.3 is 0 Å². The Morgan fingerprint density at radius 1 is 1.35 bits per heavy atom. The zero-order valence-corrected chi connectivity index (χ0v) is 13.6. The maximum absolute atomic E-state index is 6.52. The molecule has 0 fully saturated rings. The normalized spacial score (nSPS) is 17.1. The van der Waals surface area contributed by atoms with E-state index in [1.54, 1.807) is 11.3 Å². The smallest absolute Gasteiger partial charge is 0.0498 e. The van der Waals surface area contributed by atoms with Gasteiger partial charge in [-0.05, 0) is 53.3 Å².